The van der Waals surface area contributed by atoms with Gasteiger partial charge in [-0.05, 0) is 26.0 Å². The van der Waals surface area contributed by atoms with Crippen LogP contribution in [0, 0.1) is 6.92 Å². The Labute approximate surface area is 108 Å². The van der Waals surface area contributed by atoms with E-state index in [9.17, 15) is 0 Å². The Kier molecular flexibility index (Phi) is 21.3. The molecule has 1 heteroatoms. The quantitative estimate of drug-likeness (QED) is 0.585. The molecule has 0 N–H and O–H groups in total. The fourth-order valence-corrected chi connectivity index (χ4v) is 0.993. The summed E-state index contributed by atoms with van der Waals surface area (Å²) in [6.45, 7) is 19.6. The number of hydrogen-bond acceptors (Lipinski definition) is 1. The van der Waals surface area contributed by atoms with Crippen LogP contribution < -0.4 is 0 Å². The molecule has 1 rings (SSSR count). The first-order valence-electron chi connectivity index (χ1n) is 6.63. The third-order valence-corrected chi connectivity index (χ3v) is 1.45. The summed E-state index contributed by atoms with van der Waals surface area (Å²) in [5, 5.41) is 0. The van der Waals surface area contributed by atoms with Crippen LogP contribution in [-0.4, -0.2) is 0 Å². The van der Waals surface area contributed by atoms with E-state index in [2.05, 4.69) is 6.58 Å². The molecule has 0 aliphatic carbocycles. The van der Waals surface area contributed by atoms with E-state index >= 15 is 0 Å². The Hall–Kier alpha value is -1.24. The van der Waals surface area contributed by atoms with E-state index < -0.39 is 0 Å². The minimum atomic E-state index is 0.889. The van der Waals surface area contributed by atoms with Gasteiger partial charge in [-0.15, -0.1) is 0 Å². The van der Waals surface area contributed by atoms with Crippen LogP contribution in [0.15, 0.2) is 23.1 Å². The monoisotopic (exact) mass is 238 g/mol. The lowest BCUT2D eigenvalue weighted by Gasteiger charge is -1.86. The van der Waals surface area contributed by atoms with E-state index in [1.807, 2.05) is 73.6 Å². The van der Waals surface area contributed by atoms with Crippen molar-refractivity contribution in [3.63, 3.8) is 0 Å². The van der Waals surface area contributed by atoms with Gasteiger partial charge in [-0.1, -0.05) is 60.3 Å². The molecule has 0 saturated carbocycles. The Morgan fingerprint density at radius 2 is 1.53 bits per heavy atom. The van der Waals surface area contributed by atoms with Crippen LogP contribution in [0.5, 0.6) is 0 Å². The standard InChI is InChI=1S/C10H12O.3C2H6/c1-4-6-10-9(5-2)7-8(3)11-10;3*1-2/h4-7H,2H2,1,3H3;3*1-2H3/b6-4-;;;. The summed E-state index contributed by atoms with van der Waals surface area (Å²) in [6, 6.07) is 1.97. The molecule has 0 aromatic carbocycles. The highest BCUT2D eigenvalue weighted by molar-refractivity contribution is 5.60. The van der Waals surface area contributed by atoms with Crippen molar-refractivity contribution in [2.75, 3.05) is 0 Å². The first-order valence-corrected chi connectivity index (χ1v) is 6.63. The number of hydrogen-bond donors (Lipinski definition) is 0. The summed E-state index contributed by atoms with van der Waals surface area (Å²) in [5.74, 6) is 1.81. The molecular formula is C16H30O. The first kappa shape index (κ1) is 21.1. The van der Waals surface area contributed by atoms with Crippen LogP contribution in [0.3, 0.4) is 0 Å². The first-order chi connectivity index (χ1) is 8.27. The van der Waals surface area contributed by atoms with Crippen LogP contribution in [0.4, 0.5) is 0 Å². The van der Waals surface area contributed by atoms with Gasteiger partial charge in [0.05, 0.1) is 0 Å². The zero-order chi connectivity index (χ0) is 14.3. The molecule has 0 aliphatic heterocycles. The molecule has 1 aromatic heterocycles. The van der Waals surface area contributed by atoms with E-state index in [0.29, 0.717) is 0 Å². The molecule has 0 bridgehead atoms. The summed E-state index contributed by atoms with van der Waals surface area (Å²) in [5.41, 5.74) is 1.06. The minimum Gasteiger partial charge on any atom is -0.461 e. The molecule has 0 atom stereocenters. The molecule has 0 spiro atoms. The van der Waals surface area contributed by atoms with Gasteiger partial charge < -0.3 is 4.42 Å². The van der Waals surface area contributed by atoms with Gasteiger partial charge in [0, 0.05) is 5.56 Å². The highest BCUT2D eigenvalue weighted by atomic mass is 16.3. The fraction of sp³-hybridized carbons (Fsp3) is 0.500. The predicted octanol–water partition coefficient (Wildman–Crippen LogP) is 6.34. The van der Waals surface area contributed by atoms with Crippen molar-refractivity contribution in [1.29, 1.82) is 0 Å². The van der Waals surface area contributed by atoms with E-state index in [-0.39, 0.29) is 0 Å². The third-order valence-electron chi connectivity index (χ3n) is 1.45. The minimum absolute atomic E-state index is 0.889. The van der Waals surface area contributed by atoms with Crippen molar-refractivity contribution in [2.45, 2.75) is 55.4 Å². The zero-order valence-corrected chi connectivity index (χ0v) is 12.9. The summed E-state index contributed by atoms with van der Waals surface area (Å²) >= 11 is 0. The fourth-order valence-electron chi connectivity index (χ4n) is 0.993. The second kappa shape index (κ2) is 17.2. The van der Waals surface area contributed by atoms with Gasteiger partial charge in [0.25, 0.3) is 0 Å². The van der Waals surface area contributed by atoms with E-state index in [4.69, 9.17) is 4.42 Å². The van der Waals surface area contributed by atoms with Crippen molar-refractivity contribution in [3.8, 4) is 0 Å². The number of aryl methyl sites for hydroxylation is 1. The molecule has 1 nitrogen and oxygen atoms in total. The second-order valence-electron chi connectivity index (χ2n) is 2.38. The molecule has 0 amide bonds. The summed E-state index contributed by atoms with van der Waals surface area (Å²) in [4.78, 5) is 0. The van der Waals surface area contributed by atoms with Gasteiger partial charge in [0.2, 0.25) is 0 Å². The lowest BCUT2D eigenvalue weighted by Crippen LogP contribution is -1.67. The summed E-state index contributed by atoms with van der Waals surface area (Å²) < 4.78 is 5.39. The van der Waals surface area contributed by atoms with Gasteiger partial charge in [-0.25, -0.2) is 0 Å². The van der Waals surface area contributed by atoms with Gasteiger partial charge in [-0.3, -0.25) is 0 Å². The van der Waals surface area contributed by atoms with Gasteiger partial charge in [0.1, 0.15) is 11.5 Å². The highest BCUT2D eigenvalue weighted by Gasteiger charge is 2.00. The Morgan fingerprint density at radius 3 is 1.88 bits per heavy atom. The van der Waals surface area contributed by atoms with E-state index in [1.165, 1.54) is 0 Å². The molecule has 0 unspecified atom stereocenters. The number of furan rings is 1. The van der Waals surface area contributed by atoms with Crippen molar-refractivity contribution >= 4 is 12.2 Å². The maximum atomic E-state index is 5.39. The van der Waals surface area contributed by atoms with Gasteiger partial charge in [-0.2, -0.15) is 0 Å². The van der Waals surface area contributed by atoms with Gasteiger partial charge in [0.15, 0.2) is 0 Å². The van der Waals surface area contributed by atoms with Crippen molar-refractivity contribution in [1.82, 2.24) is 0 Å². The van der Waals surface area contributed by atoms with Crippen LogP contribution >= 0.6 is 0 Å². The molecule has 0 aliphatic rings. The lowest BCUT2D eigenvalue weighted by atomic mass is 10.2. The molecule has 17 heavy (non-hydrogen) atoms. The highest BCUT2D eigenvalue weighted by Crippen LogP contribution is 2.17. The Balaban J connectivity index is -0.000000285. The van der Waals surface area contributed by atoms with Crippen molar-refractivity contribution < 1.29 is 4.42 Å². The summed E-state index contributed by atoms with van der Waals surface area (Å²) in [7, 11) is 0. The van der Waals surface area contributed by atoms with Crippen molar-refractivity contribution in [2.24, 2.45) is 0 Å². The Bertz CT molecular complexity index is 280. The maximum absolute atomic E-state index is 5.39. The van der Waals surface area contributed by atoms with E-state index in [1.54, 1.807) is 6.08 Å². The van der Waals surface area contributed by atoms with Gasteiger partial charge >= 0.3 is 0 Å². The average molecular weight is 238 g/mol. The van der Waals surface area contributed by atoms with Crippen LogP contribution in [0.25, 0.3) is 12.2 Å². The average Bonchev–Trinajstić information content (AvgIpc) is 2.77. The SMILES string of the molecule is C=Cc1cc(C)oc1/C=C\C.CC.CC.CC. The zero-order valence-electron chi connectivity index (χ0n) is 12.9. The lowest BCUT2D eigenvalue weighted by molar-refractivity contribution is 0.524. The summed E-state index contributed by atoms with van der Waals surface area (Å²) in [6.07, 6.45) is 5.68. The van der Waals surface area contributed by atoms with Crippen LogP contribution in [0.1, 0.15) is 65.6 Å². The number of rotatable bonds is 2. The van der Waals surface area contributed by atoms with Crippen LogP contribution in [-0.2, 0) is 0 Å². The molecule has 1 heterocycles. The maximum Gasteiger partial charge on any atom is 0.133 e. The molecular weight excluding hydrogens is 208 g/mol. The third kappa shape index (κ3) is 9.68. The molecule has 0 saturated heterocycles. The van der Waals surface area contributed by atoms with Crippen molar-refractivity contribution in [3.05, 3.63) is 35.8 Å². The van der Waals surface area contributed by atoms with E-state index in [0.717, 1.165) is 17.1 Å². The number of allylic oxidation sites excluding steroid dienone is 1. The van der Waals surface area contributed by atoms with Crippen LogP contribution in [0.2, 0.25) is 0 Å². The molecule has 0 fully saturated rings. The Morgan fingerprint density at radius 1 is 1.06 bits per heavy atom. The normalized spacial score (nSPS) is 8.00. The topological polar surface area (TPSA) is 13.1 Å². The smallest absolute Gasteiger partial charge is 0.133 e. The molecule has 0 radical (unpaired) electrons. The predicted molar refractivity (Wildman–Crippen MR) is 82.3 cm³/mol. The molecule has 1 aromatic rings. The second-order valence-corrected chi connectivity index (χ2v) is 2.38. The molecule has 100 valence electrons. The largest absolute Gasteiger partial charge is 0.461 e.